The molecule has 1 aromatic carbocycles. The lowest BCUT2D eigenvalue weighted by molar-refractivity contribution is 0.0885. The van der Waals surface area contributed by atoms with Gasteiger partial charge in [-0.1, -0.05) is 20.3 Å². The third kappa shape index (κ3) is 3.03. The minimum Gasteiger partial charge on any atom is -0.493 e. The van der Waals surface area contributed by atoms with E-state index in [0.29, 0.717) is 23.6 Å². The van der Waals surface area contributed by atoms with Gasteiger partial charge in [0.1, 0.15) is 5.69 Å². The SMILES string of the molecule is CCC(C)C(CO)NC(=O)c1[nH]nc2c1Cc1cc(OC)c(OC)cc1-2. The smallest absolute Gasteiger partial charge is 0.269 e. The summed E-state index contributed by atoms with van der Waals surface area (Å²) >= 11 is 0. The monoisotopic (exact) mass is 359 g/mol. The fraction of sp³-hybridized carbons (Fsp3) is 0.474. The van der Waals surface area contributed by atoms with Gasteiger partial charge in [0.25, 0.3) is 5.91 Å². The third-order valence-electron chi connectivity index (χ3n) is 5.17. The molecule has 2 atom stereocenters. The van der Waals surface area contributed by atoms with E-state index in [4.69, 9.17) is 9.47 Å². The molecule has 140 valence electrons. The highest BCUT2D eigenvalue weighted by Crippen LogP contribution is 2.42. The summed E-state index contributed by atoms with van der Waals surface area (Å²) in [4.78, 5) is 12.7. The minimum atomic E-state index is -0.282. The molecular formula is C19H25N3O4. The molecule has 0 radical (unpaired) electrons. The highest BCUT2D eigenvalue weighted by molar-refractivity contribution is 5.97. The zero-order valence-electron chi connectivity index (χ0n) is 15.5. The fourth-order valence-corrected chi connectivity index (χ4v) is 3.32. The third-order valence-corrected chi connectivity index (χ3v) is 5.17. The van der Waals surface area contributed by atoms with Gasteiger partial charge in [-0.2, -0.15) is 5.10 Å². The molecule has 7 nitrogen and oxygen atoms in total. The molecule has 0 fully saturated rings. The second kappa shape index (κ2) is 7.37. The summed E-state index contributed by atoms with van der Waals surface area (Å²) in [5.41, 5.74) is 4.04. The van der Waals surface area contributed by atoms with Crippen molar-refractivity contribution in [2.75, 3.05) is 20.8 Å². The average molecular weight is 359 g/mol. The summed E-state index contributed by atoms with van der Waals surface area (Å²) < 4.78 is 10.7. The first-order valence-corrected chi connectivity index (χ1v) is 8.78. The largest absolute Gasteiger partial charge is 0.493 e. The maximum atomic E-state index is 12.7. The van der Waals surface area contributed by atoms with Crippen molar-refractivity contribution in [1.29, 1.82) is 0 Å². The Hall–Kier alpha value is -2.54. The van der Waals surface area contributed by atoms with E-state index in [1.807, 2.05) is 26.0 Å². The summed E-state index contributed by atoms with van der Waals surface area (Å²) in [6.45, 7) is 3.95. The number of aromatic amines is 1. The molecule has 0 saturated heterocycles. The molecule has 0 spiro atoms. The number of H-pyrrole nitrogens is 1. The number of hydrogen-bond donors (Lipinski definition) is 3. The van der Waals surface area contributed by atoms with Crippen molar-refractivity contribution in [2.45, 2.75) is 32.7 Å². The van der Waals surface area contributed by atoms with Crippen LogP contribution in [-0.2, 0) is 6.42 Å². The molecule has 0 aliphatic heterocycles. The predicted octanol–water partition coefficient (Wildman–Crippen LogP) is 2.13. The number of aliphatic hydroxyl groups excluding tert-OH is 1. The number of amides is 1. The Morgan fingerprint density at radius 3 is 2.65 bits per heavy atom. The van der Waals surface area contributed by atoms with E-state index in [9.17, 15) is 9.90 Å². The maximum Gasteiger partial charge on any atom is 0.269 e. The van der Waals surface area contributed by atoms with Gasteiger partial charge in [-0.15, -0.1) is 0 Å². The van der Waals surface area contributed by atoms with Crippen molar-refractivity contribution < 1.29 is 19.4 Å². The number of nitrogens with one attached hydrogen (secondary N) is 2. The van der Waals surface area contributed by atoms with Crippen LogP contribution in [0.25, 0.3) is 11.3 Å². The topological polar surface area (TPSA) is 96.5 Å². The Kier molecular flexibility index (Phi) is 5.18. The van der Waals surface area contributed by atoms with E-state index >= 15 is 0 Å². The van der Waals surface area contributed by atoms with Crippen LogP contribution in [-0.4, -0.2) is 48.1 Å². The van der Waals surface area contributed by atoms with Gasteiger partial charge in [0, 0.05) is 17.5 Å². The molecular weight excluding hydrogens is 334 g/mol. The average Bonchev–Trinajstić information content (AvgIpc) is 3.22. The Bertz CT molecular complexity index is 815. The van der Waals surface area contributed by atoms with Crippen LogP contribution in [0.1, 0.15) is 41.9 Å². The van der Waals surface area contributed by atoms with Gasteiger partial charge < -0.3 is 19.9 Å². The molecule has 3 N–H and O–H groups in total. The van der Waals surface area contributed by atoms with Crippen LogP contribution in [0.3, 0.4) is 0 Å². The number of aromatic nitrogens is 2. The molecule has 1 aliphatic carbocycles. The molecule has 0 bridgehead atoms. The van der Waals surface area contributed by atoms with E-state index < -0.39 is 0 Å². The second-order valence-corrected chi connectivity index (χ2v) is 6.61. The van der Waals surface area contributed by atoms with Crippen molar-refractivity contribution >= 4 is 5.91 Å². The van der Waals surface area contributed by atoms with E-state index in [2.05, 4.69) is 15.5 Å². The Morgan fingerprint density at radius 1 is 1.35 bits per heavy atom. The number of carbonyl (C=O) groups is 1. The molecule has 2 aromatic rings. The Labute approximate surface area is 152 Å². The van der Waals surface area contributed by atoms with Gasteiger partial charge in [-0.05, 0) is 23.6 Å². The van der Waals surface area contributed by atoms with Gasteiger partial charge in [0.2, 0.25) is 0 Å². The Balaban J connectivity index is 1.89. The summed E-state index contributed by atoms with van der Waals surface area (Å²) in [5, 5.41) is 19.7. The number of fused-ring (bicyclic) bond motifs is 3. The molecule has 1 heterocycles. The first-order chi connectivity index (χ1) is 12.5. The number of rotatable bonds is 7. The fourth-order valence-electron chi connectivity index (χ4n) is 3.32. The highest BCUT2D eigenvalue weighted by Gasteiger charge is 2.30. The number of ether oxygens (including phenoxy) is 2. The van der Waals surface area contributed by atoms with Crippen LogP contribution in [0.4, 0.5) is 0 Å². The molecule has 26 heavy (non-hydrogen) atoms. The van der Waals surface area contributed by atoms with Crippen molar-refractivity contribution in [1.82, 2.24) is 15.5 Å². The lowest BCUT2D eigenvalue weighted by Gasteiger charge is -2.21. The van der Waals surface area contributed by atoms with Gasteiger partial charge in [0.15, 0.2) is 11.5 Å². The van der Waals surface area contributed by atoms with Crippen molar-refractivity contribution in [2.24, 2.45) is 5.92 Å². The Morgan fingerprint density at radius 2 is 2.04 bits per heavy atom. The van der Waals surface area contributed by atoms with E-state index in [0.717, 1.165) is 28.8 Å². The number of carbonyl (C=O) groups excluding carboxylic acids is 1. The maximum absolute atomic E-state index is 12.7. The second-order valence-electron chi connectivity index (χ2n) is 6.61. The molecule has 1 aliphatic rings. The van der Waals surface area contributed by atoms with Crippen molar-refractivity contribution in [3.05, 3.63) is 29.0 Å². The van der Waals surface area contributed by atoms with Crippen molar-refractivity contribution in [3.8, 4) is 22.8 Å². The minimum absolute atomic E-state index is 0.0916. The van der Waals surface area contributed by atoms with Crippen LogP contribution in [0.15, 0.2) is 12.1 Å². The van der Waals surface area contributed by atoms with Crippen LogP contribution >= 0.6 is 0 Å². The van der Waals surface area contributed by atoms with Gasteiger partial charge in [0.05, 0.1) is 32.6 Å². The zero-order chi connectivity index (χ0) is 18.8. The summed E-state index contributed by atoms with van der Waals surface area (Å²) in [6, 6.07) is 3.53. The zero-order valence-corrected chi connectivity index (χ0v) is 15.5. The first kappa shape index (κ1) is 18.3. The molecule has 1 amide bonds. The van der Waals surface area contributed by atoms with E-state index in [1.54, 1.807) is 14.2 Å². The molecule has 1 aromatic heterocycles. The van der Waals surface area contributed by atoms with Gasteiger partial charge >= 0.3 is 0 Å². The summed E-state index contributed by atoms with van der Waals surface area (Å²) in [5.74, 6) is 1.23. The number of methoxy groups -OCH3 is 2. The van der Waals surface area contributed by atoms with Crippen molar-refractivity contribution in [3.63, 3.8) is 0 Å². The van der Waals surface area contributed by atoms with E-state index in [-0.39, 0.29) is 24.5 Å². The van der Waals surface area contributed by atoms with Crippen LogP contribution in [0, 0.1) is 5.92 Å². The molecule has 7 heteroatoms. The van der Waals surface area contributed by atoms with Gasteiger partial charge in [-0.3, -0.25) is 9.89 Å². The van der Waals surface area contributed by atoms with Crippen LogP contribution < -0.4 is 14.8 Å². The molecule has 2 unspecified atom stereocenters. The summed E-state index contributed by atoms with van der Waals surface area (Å²) in [7, 11) is 3.19. The van der Waals surface area contributed by atoms with E-state index in [1.165, 1.54) is 0 Å². The van der Waals surface area contributed by atoms with Crippen LogP contribution in [0.5, 0.6) is 11.5 Å². The number of benzene rings is 1. The highest BCUT2D eigenvalue weighted by atomic mass is 16.5. The first-order valence-electron chi connectivity index (χ1n) is 8.78. The quantitative estimate of drug-likeness (QED) is 0.600. The summed E-state index contributed by atoms with van der Waals surface area (Å²) in [6.07, 6.45) is 1.47. The lowest BCUT2D eigenvalue weighted by atomic mass is 9.99. The molecule has 0 saturated carbocycles. The number of aliphatic hydroxyl groups is 1. The predicted molar refractivity (Wildman–Crippen MR) is 97.7 cm³/mol. The number of hydrogen-bond acceptors (Lipinski definition) is 5. The van der Waals surface area contributed by atoms with Gasteiger partial charge in [-0.25, -0.2) is 0 Å². The number of nitrogens with zero attached hydrogens (tertiary/aromatic N) is 1. The van der Waals surface area contributed by atoms with Crippen LogP contribution in [0.2, 0.25) is 0 Å². The normalized spacial score (nSPS) is 14.3. The molecule has 3 rings (SSSR count). The standard InChI is InChI=1S/C19H25N3O4/c1-5-10(2)14(9-23)20-19(24)18-13-6-11-7-15(25-3)16(26-4)8-12(11)17(13)21-22-18/h7-8,10,14,23H,5-6,9H2,1-4H3,(H,20,24)(H,21,22). The lowest BCUT2D eigenvalue weighted by Crippen LogP contribution is -2.42.